The van der Waals surface area contributed by atoms with Gasteiger partial charge in [0.1, 0.15) is 12.4 Å². The van der Waals surface area contributed by atoms with E-state index in [0.717, 1.165) is 55.5 Å². The molecule has 3 aromatic rings. The molecule has 6 nitrogen and oxygen atoms in total. The lowest BCUT2D eigenvalue weighted by molar-refractivity contribution is 0.177. The molecule has 2 aromatic heterocycles. The van der Waals surface area contributed by atoms with Crippen molar-refractivity contribution in [2.45, 2.75) is 39.5 Å². The zero-order valence-corrected chi connectivity index (χ0v) is 15.9. The van der Waals surface area contributed by atoms with E-state index in [9.17, 15) is 0 Å². The van der Waals surface area contributed by atoms with E-state index in [2.05, 4.69) is 54.8 Å². The lowest BCUT2D eigenvalue weighted by Gasteiger charge is -2.28. The molecule has 27 heavy (non-hydrogen) atoms. The summed E-state index contributed by atoms with van der Waals surface area (Å²) in [5.74, 6) is 1.69. The average molecular weight is 363 g/mol. The summed E-state index contributed by atoms with van der Waals surface area (Å²) in [5.41, 5.74) is 4.83. The largest absolute Gasteiger partial charge is 0.377 e. The van der Waals surface area contributed by atoms with Crippen molar-refractivity contribution < 1.29 is 4.74 Å². The second-order valence-electron chi connectivity index (χ2n) is 6.96. The van der Waals surface area contributed by atoms with E-state index >= 15 is 0 Å². The molecular formula is C21H25N5O. The molecule has 1 aliphatic rings. The fourth-order valence-corrected chi connectivity index (χ4v) is 3.62. The summed E-state index contributed by atoms with van der Waals surface area (Å²) < 4.78 is 7.50. The van der Waals surface area contributed by atoms with E-state index in [1.807, 2.05) is 19.3 Å². The molecule has 0 aliphatic carbocycles. The predicted molar refractivity (Wildman–Crippen MR) is 105 cm³/mol. The third kappa shape index (κ3) is 4.01. The minimum atomic E-state index is 0.432. The Balaban J connectivity index is 1.47. The van der Waals surface area contributed by atoms with Crippen molar-refractivity contribution in [1.82, 2.24) is 19.5 Å². The summed E-state index contributed by atoms with van der Waals surface area (Å²) in [4.78, 5) is 16.1. The van der Waals surface area contributed by atoms with Crippen LogP contribution in [0.25, 0.3) is 0 Å². The Morgan fingerprint density at radius 1 is 1.15 bits per heavy atom. The minimum absolute atomic E-state index is 0.432. The molecule has 0 spiro atoms. The molecule has 0 bridgehead atoms. The molecule has 3 heterocycles. The topological polar surface area (TPSA) is 56.1 Å². The lowest BCUT2D eigenvalue weighted by atomic mass is 10.1. The number of hydrogen-bond donors (Lipinski definition) is 0. The Morgan fingerprint density at radius 3 is 2.81 bits per heavy atom. The first-order valence-electron chi connectivity index (χ1n) is 9.38. The number of benzene rings is 1. The highest BCUT2D eigenvalue weighted by Crippen LogP contribution is 2.23. The highest BCUT2D eigenvalue weighted by molar-refractivity contribution is 5.42. The van der Waals surface area contributed by atoms with Crippen molar-refractivity contribution >= 4 is 5.82 Å². The van der Waals surface area contributed by atoms with Crippen LogP contribution in [0, 0.1) is 6.92 Å². The molecule has 0 saturated carbocycles. The molecule has 0 amide bonds. The van der Waals surface area contributed by atoms with Crippen LogP contribution >= 0.6 is 0 Å². The number of ether oxygens (including phenoxy) is 1. The molecule has 0 atom stereocenters. The SMILES string of the molecule is COCc1nc(C)cc(N2CCc3c(ncn3CCc3ccccc3)C2)n1. The van der Waals surface area contributed by atoms with Crippen molar-refractivity contribution in [3.63, 3.8) is 0 Å². The van der Waals surface area contributed by atoms with E-state index in [0.29, 0.717) is 6.61 Å². The van der Waals surface area contributed by atoms with Gasteiger partial charge in [0.2, 0.25) is 0 Å². The number of aryl methyl sites for hydroxylation is 3. The molecule has 1 aliphatic heterocycles. The van der Waals surface area contributed by atoms with Gasteiger partial charge < -0.3 is 14.2 Å². The Hall–Kier alpha value is -2.73. The first-order valence-corrected chi connectivity index (χ1v) is 9.38. The first kappa shape index (κ1) is 17.7. The molecule has 6 heteroatoms. The molecule has 140 valence electrons. The molecule has 0 fully saturated rings. The smallest absolute Gasteiger partial charge is 0.156 e. The first-order chi connectivity index (χ1) is 13.2. The number of fused-ring (bicyclic) bond motifs is 1. The standard InChI is InChI=1S/C21H25N5O/c1-16-12-21(24-20(23-16)14-27-2)25-11-9-19-18(13-25)22-15-26(19)10-8-17-6-4-3-5-7-17/h3-7,12,15H,8-11,13-14H2,1-2H3. The van der Waals surface area contributed by atoms with Gasteiger partial charge in [-0.15, -0.1) is 0 Å². The van der Waals surface area contributed by atoms with E-state index in [1.54, 1.807) is 7.11 Å². The highest BCUT2D eigenvalue weighted by Gasteiger charge is 2.22. The van der Waals surface area contributed by atoms with Gasteiger partial charge in [0.05, 0.1) is 18.6 Å². The number of aromatic nitrogens is 4. The summed E-state index contributed by atoms with van der Waals surface area (Å²) >= 11 is 0. The quantitative estimate of drug-likeness (QED) is 0.674. The fraction of sp³-hybridized carbons (Fsp3) is 0.381. The van der Waals surface area contributed by atoms with E-state index in [4.69, 9.17) is 4.74 Å². The molecule has 0 radical (unpaired) electrons. The van der Waals surface area contributed by atoms with Crippen LogP contribution in [-0.2, 0) is 37.3 Å². The van der Waals surface area contributed by atoms with E-state index in [-0.39, 0.29) is 0 Å². The van der Waals surface area contributed by atoms with Gasteiger partial charge in [-0.2, -0.15) is 0 Å². The van der Waals surface area contributed by atoms with Crippen molar-refractivity contribution in [1.29, 1.82) is 0 Å². The zero-order valence-electron chi connectivity index (χ0n) is 15.9. The number of nitrogens with zero attached hydrogens (tertiary/aromatic N) is 5. The summed E-state index contributed by atoms with van der Waals surface area (Å²) in [6, 6.07) is 12.6. The maximum absolute atomic E-state index is 5.19. The molecular weight excluding hydrogens is 338 g/mol. The number of anilines is 1. The lowest BCUT2D eigenvalue weighted by Crippen LogP contribution is -2.32. The summed E-state index contributed by atoms with van der Waals surface area (Å²) in [6.45, 7) is 5.13. The van der Waals surface area contributed by atoms with Gasteiger partial charge in [-0.05, 0) is 18.9 Å². The number of imidazole rings is 1. The van der Waals surface area contributed by atoms with Gasteiger partial charge >= 0.3 is 0 Å². The van der Waals surface area contributed by atoms with Crippen LogP contribution in [0.3, 0.4) is 0 Å². The van der Waals surface area contributed by atoms with Gasteiger partial charge in [-0.1, -0.05) is 30.3 Å². The van der Waals surface area contributed by atoms with Crippen LogP contribution in [0.2, 0.25) is 0 Å². The predicted octanol–water partition coefficient (Wildman–Crippen LogP) is 2.93. The Kier molecular flexibility index (Phi) is 5.16. The van der Waals surface area contributed by atoms with Crippen molar-refractivity contribution in [2.75, 3.05) is 18.6 Å². The monoisotopic (exact) mass is 363 g/mol. The highest BCUT2D eigenvalue weighted by atomic mass is 16.5. The third-order valence-corrected chi connectivity index (χ3v) is 4.96. The molecule has 0 N–H and O–H groups in total. The Bertz CT molecular complexity index is 906. The van der Waals surface area contributed by atoms with Gasteiger partial charge in [-0.25, -0.2) is 15.0 Å². The van der Waals surface area contributed by atoms with Gasteiger partial charge in [-0.3, -0.25) is 0 Å². The second-order valence-corrected chi connectivity index (χ2v) is 6.96. The number of methoxy groups -OCH3 is 1. The van der Waals surface area contributed by atoms with Crippen molar-refractivity contribution in [3.8, 4) is 0 Å². The summed E-state index contributed by atoms with van der Waals surface area (Å²) in [5, 5.41) is 0. The molecule has 1 aromatic carbocycles. The minimum Gasteiger partial charge on any atom is -0.377 e. The van der Waals surface area contributed by atoms with Crippen molar-refractivity contribution in [2.24, 2.45) is 0 Å². The zero-order chi connectivity index (χ0) is 18.6. The van der Waals surface area contributed by atoms with Crippen LogP contribution < -0.4 is 4.90 Å². The van der Waals surface area contributed by atoms with E-state index < -0.39 is 0 Å². The average Bonchev–Trinajstić information content (AvgIpc) is 3.09. The normalized spacial score (nSPS) is 13.6. The van der Waals surface area contributed by atoms with E-state index in [1.165, 1.54) is 11.3 Å². The maximum Gasteiger partial charge on any atom is 0.156 e. The van der Waals surface area contributed by atoms with Gasteiger partial charge in [0, 0.05) is 44.1 Å². The van der Waals surface area contributed by atoms with Gasteiger partial charge in [0.15, 0.2) is 5.82 Å². The fourth-order valence-electron chi connectivity index (χ4n) is 3.62. The maximum atomic E-state index is 5.19. The Morgan fingerprint density at radius 2 is 2.00 bits per heavy atom. The molecule has 0 unspecified atom stereocenters. The summed E-state index contributed by atoms with van der Waals surface area (Å²) in [7, 11) is 1.67. The number of hydrogen-bond acceptors (Lipinski definition) is 5. The second kappa shape index (κ2) is 7.88. The van der Waals surface area contributed by atoms with Crippen LogP contribution in [0.5, 0.6) is 0 Å². The molecule has 0 saturated heterocycles. The van der Waals surface area contributed by atoms with Crippen LogP contribution in [0.15, 0.2) is 42.7 Å². The van der Waals surface area contributed by atoms with Crippen LogP contribution in [0.4, 0.5) is 5.82 Å². The van der Waals surface area contributed by atoms with Crippen molar-refractivity contribution in [3.05, 3.63) is 71.2 Å². The molecule has 4 rings (SSSR count). The Labute approximate surface area is 159 Å². The number of rotatable bonds is 6. The van der Waals surface area contributed by atoms with Gasteiger partial charge in [0.25, 0.3) is 0 Å². The summed E-state index contributed by atoms with van der Waals surface area (Å²) in [6.07, 6.45) is 3.99. The van der Waals surface area contributed by atoms with Crippen LogP contribution in [-0.4, -0.2) is 33.2 Å². The third-order valence-electron chi connectivity index (χ3n) is 4.96. The van der Waals surface area contributed by atoms with Crippen LogP contribution in [0.1, 0.15) is 28.5 Å².